The van der Waals surface area contributed by atoms with Crippen molar-refractivity contribution in [2.75, 3.05) is 19.6 Å². The summed E-state index contributed by atoms with van der Waals surface area (Å²) in [5.41, 5.74) is 2.01. The van der Waals surface area contributed by atoms with E-state index < -0.39 is 0 Å². The Labute approximate surface area is 124 Å². The van der Waals surface area contributed by atoms with E-state index in [0.29, 0.717) is 11.9 Å². The van der Waals surface area contributed by atoms with Gasteiger partial charge in [-0.3, -0.25) is 4.90 Å². The summed E-state index contributed by atoms with van der Waals surface area (Å²) in [4.78, 5) is 11.3. The van der Waals surface area contributed by atoms with Crippen molar-refractivity contribution in [1.29, 1.82) is 0 Å². The predicted molar refractivity (Wildman–Crippen MR) is 81.0 cm³/mol. The van der Waals surface area contributed by atoms with Crippen LogP contribution in [0.25, 0.3) is 11.3 Å². The molecule has 1 atom stereocenters. The van der Waals surface area contributed by atoms with Crippen LogP contribution in [0.3, 0.4) is 0 Å². The monoisotopic (exact) mass is 281 g/mol. The third kappa shape index (κ3) is 2.63. The molecule has 0 aliphatic carbocycles. The second-order valence-electron chi connectivity index (χ2n) is 5.88. The van der Waals surface area contributed by atoms with E-state index in [2.05, 4.69) is 27.0 Å². The van der Waals surface area contributed by atoms with Crippen LogP contribution in [-0.4, -0.2) is 40.6 Å². The first-order chi connectivity index (χ1) is 10.4. The molecule has 3 aliphatic heterocycles. The van der Waals surface area contributed by atoms with Crippen LogP contribution in [0.15, 0.2) is 42.6 Å². The van der Waals surface area contributed by atoms with Crippen molar-refractivity contribution in [2.24, 2.45) is 5.92 Å². The number of ether oxygens (including phenoxy) is 1. The van der Waals surface area contributed by atoms with Gasteiger partial charge in [0.15, 0.2) is 0 Å². The maximum atomic E-state index is 6.09. The number of hydrogen-bond acceptors (Lipinski definition) is 4. The highest BCUT2D eigenvalue weighted by Crippen LogP contribution is 2.30. The van der Waals surface area contributed by atoms with Crippen molar-refractivity contribution in [3.05, 3.63) is 42.6 Å². The van der Waals surface area contributed by atoms with Crippen LogP contribution in [-0.2, 0) is 0 Å². The fraction of sp³-hybridized carbons (Fsp3) is 0.412. The van der Waals surface area contributed by atoms with Crippen LogP contribution in [0.1, 0.15) is 12.8 Å². The van der Waals surface area contributed by atoms with Crippen LogP contribution in [0.2, 0.25) is 0 Å². The Morgan fingerprint density at radius 3 is 2.57 bits per heavy atom. The van der Waals surface area contributed by atoms with Crippen molar-refractivity contribution in [2.45, 2.75) is 18.9 Å². The number of aromatic nitrogens is 2. The highest BCUT2D eigenvalue weighted by Gasteiger charge is 2.35. The number of benzene rings is 1. The summed E-state index contributed by atoms with van der Waals surface area (Å²) < 4.78 is 6.09. The van der Waals surface area contributed by atoms with Gasteiger partial charge in [-0.05, 0) is 37.9 Å². The van der Waals surface area contributed by atoms with Gasteiger partial charge in [0.2, 0.25) is 0 Å². The zero-order valence-electron chi connectivity index (χ0n) is 12.0. The largest absolute Gasteiger partial charge is 0.458 e. The van der Waals surface area contributed by atoms with E-state index >= 15 is 0 Å². The number of fused-ring (bicyclic) bond motifs is 3. The highest BCUT2D eigenvalue weighted by molar-refractivity contribution is 5.58. The fourth-order valence-electron chi connectivity index (χ4n) is 3.35. The molecule has 0 saturated carbocycles. The maximum absolute atomic E-state index is 6.09. The molecule has 21 heavy (non-hydrogen) atoms. The summed E-state index contributed by atoms with van der Waals surface area (Å²) in [6.07, 6.45) is 4.51. The molecule has 1 aromatic carbocycles. The Morgan fingerprint density at radius 2 is 1.86 bits per heavy atom. The number of hydrogen-bond donors (Lipinski definition) is 0. The van der Waals surface area contributed by atoms with E-state index in [1.54, 1.807) is 6.20 Å². The van der Waals surface area contributed by atoms with E-state index in [1.807, 2.05) is 24.3 Å². The molecule has 0 spiro atoms. The molecule has 5 rings (SSSR count). The quantitative estimate of drug-likeness (QED) is 0.867. The second-order valence-corrected chi connectivity index (χ2v) is 5.88. The molecule has 4 heteroatoms. The summed E-state index contributed by atoms with van der Waals surface area (Å²) in [6, 6.07) is 12.6. The smallest absolute Gasteiger partial charge is 0.317 e. The summed E-state index contributed by atoms with van der Waals surface area (Å²) in [7, 11) is 0. The zero-order chi connectivity index (χ0) is 14.1. The first-order valence-electron chi connectivity index (χ1n) is 7.66. The summed E-state index contributed by atoms with van der Waals surface area (Å²) in [5.74, 6) is 0.666. The molecular weight excluding hydrogens is 262 g/mol. The lowest BCUT2D eigenvalue weighted by molar-refractivity contribution is -0.0122. The molecule has 0 radical (unpaired) electrons. The molecule has 4 heterocycles. The van der Waals surface area contributed by atoms with E-state index in [-0.39, 0.29) is 6.10 Å². The van der Waals surface area contributed by atoms with Crippen LogP contribution in [0.5, 0.6) is 6.01 Å². The van der Waals surface area contributed by atoms with Crippen molar-refractivity contribution < 1.29 is 4.74 Å². The van der Waals surface area contributed by atoms with Gasteiger partial charge in [-0.25, -0.2) is 4.98 Å². The number of rotatable bonds is 3. The molecule has 2 bridgehead atoms. The lowest BCUT2D eigenvalue weighted by Crippen LogP contribution is -2.52. The number of piperidine rings is 3. The normalized spacial score (nSPS) is 27.5. The fourth-order valence-corrected chi connectivity index (χ4v) is 3.35. The Hall–Kier alpha value is -1.94. The average molecular weight is 281 g/mol. The average Bonchev–Trinajstić information content (AvgIpc) is 2.57. The van der Waals surface area contributed by atoms with E-state index in [1.165, 1.54) is 25.9 Å². The topological polar surface area (TPSA) is 38.2 Å². The van der Waals surface area contributed by atoms with Gasteiger partial charge in [0, 0.05) is 18.3 Å². The van der Waals surface area contributed by atoms with Gasteiger partial charge in [-0.2, -0.15) is 4.98 Å². The minimum Gasteiger partial charge on any atom is -0.458 e. The Balaban J connectivity index is 1.53. The molecule has 2 aromatic rings. The molecule has 4 nitrogen and oxygen atoms in total. The third-order valence-corrected chi connectivity index (χ3v) is 4.56. The van der Waals surface area contributed by atoms with Gasteiger partial charge in [0.1, 0.15) is 6.10 Å². The highest BCUT2D eigenvalue weighted by atomic mass is 16.5. The van der Waals surface area contributed by atoms with E-state index in [4.69, 9.17) is 4.74 Å². The standard InChI is InChI=1S/C17H19N3O/c1-2-4-13(5-3-1)15-6-9-18-17(19-15)21-16-12-20-10-7-14(16)8-11-20/h1-6,9,14,16H,7-8,10-12H2/t16-/m0/s1. The van der Waals surface area contributed by atoms with Gasteiger partial charge in [-0.15, -0.1) is 0 Å². The SMILES string of the molecule is c1ccc(-c2ccnc(O[C@H]3CN4CCC3CC4)n2)cc1. The molecule has 0 amide bonds. The van der Waals surface area contributed by atoms with Crippen molar-refractivity contribution in [3.8, 4) is 17.3 Å². The van der Waals surface area contributed by atoms with Gasteiger partial charge in [0.05, 0.1) is 5.69 Å². The molecule has 0 N–H and O–H groups in total. The van der Waals surface area contributed by atoms with Gasteiger partial charge in [0.25, 0.3) is 0 Å². The summed E-state index contributed by atoms with van der Waals surface area (Å²) in [6.45, 7) is 3.45. The molecular formula is C17H19N3O. The van der Waals surface area contributed by atoms with E-state index in [9.17, 15) is 0 Å². The third-order valence-electron chi connectivity index (χ3n) is 4.56. The van der Waals surface area contributed by atoms with E-state index in [0.717, 1.165) is 17.8 Å². The van der Waals surface area contributed by atoms with Crippen LogP contribution in [0, 0.1) is 5.92 Å². The van der Waals surface area contributed by atoms with Crippen LogP contribution >= 0.6 is 0 Å². The number of nitrogens with zero attached hydrogens (tertiary/aromatic N) is 3. The minimum absolute atomic E-state index is 0.249. The molecule has 3 fully saturated rings. The van der Waals surface area contributed by atoms with Gasteiger partial charge >= 0.3 is 6.01 Å². The summed E-state index contributed by atoms with van der Waals surface area (Å²) >= 11 is 0. The molecule has 1 aromatic heterocycles. The van der Waals surface area contributed by atoms with Crippen molar-refractivity contribution >= 4 is 0 Å². The predicted octanol–water partition coefficient (Wildman–Crippen LogP) is 2.62. The lowest BCUT2D eigenvalue weighted by atomic mass is 9.86. The van der Waals surface area contributed by atoms with Crippen molar-refractivity contribution in [3.63, 3.8) is 0 Å². The Bertz CT molecular complexity index is 608. The molecule has 0 unspecified atom stereocenters. The molecule has 3 aliphatic rings. The maximum Gasteiger partial charge on any atom is 0.317 e. The first-order valence-corrected chi connectivity index (χ1v) is 7.66. The van der Waals surface area contributed by atoms with Crippen molar-refractivity contribution in [1.82, 2.24) is 14.9 Å². The Kier molecular flexibility index (Phi) is 3.31. The van der Waals surface area contributed by atoms with Crippen LogP contribution < -0.4 is 4.74 Å². The summed E-state index contributed by atoms with van der Waals surface area (Å²) in [5, 5.41) is 0. The van der Waals surface area contributed by atoms with Crippen LogP contribution in [0.4, 0.5) is 0 Å². The second kappa shape index (κ2) is 5.45. The first kappa shape index (κ1) is 12.8. The molecule has 108 valence electrons. The lowest BCUT2D eigenvalue weighted by Gasteiger charge is -2.43. The van der Waals surface area contributed by atoms with Gasteiger partial charge < -0.3 is 4.74 Å². The van der Waals surface area contributed by atoms with Gasteiger partial charge in [-0.1, -0.05) is 30.3 Å². The Morgan fingerprint density at radius 1 is 1.05 bits per heavy atom. The molecule has 3 saturated heterocycles. The zero-order valence-corrected chi connectivity index (χ0v) is 12.0. The minimum atomic E-state index is 0.249.